The second-order valence-corrected chi connectivity index (χ2v) is 5.75. The summed E-state index contributed by atoms with van der Waals surface area (Å²) >= 11 is 4.86. The summed E-state index contributed by atoms with van der Waals surface area (Å²) in [5, 5.41) is 0. The van der Waals surface area contributed by atoms with Crippen LogP contribution >= 0.6 is 12.2 Å². The zero-order valence-electron chi connectivity index (χ0n) is 11.0. The highest BCUT2D eigenvalue weighted by Crippen LogP contribution is 2.20. The van der Waals surface area contributed by atoms with Crippen molar-refractivity contribution >= 4 is 23.1 Å². The molecule has 0 aliphatic carbocycles. The summed E-state index contributed by atoms with van der Waals surface area (Å²) in [6.45, 7) is 10.6. The van der Waals surface area contributed by atoms with Gasteiger partial charge in [0.2, 0.25) is 5.91 Å². The first-order valence-corrected chi connectivity index (χ1v) is 6.20. The van der Waals surface area contributed by atoms with Crippen LogP contribution in [-0.4, -0.2) is 28.4 Å². The Morgan fingerprint density at radius 1 is 1.44 bits per heavy atom. The van der Waals surface area contributed by atoms with Gasteiger partial charge in [-0.3, -0.25) is 4.79 Å². The Hall–Kier alpha value is -0.640. The predicted molar refractivity (Wildman–Crippen MR) is 72.3 cm³/mol. The first-order chi connectivity index (χ1) is 7.20. The summed E-state index contributed by atoms with van der Waals surface area (Å²) in [5.74, 6) is 0.165. The predicted octanol–water partition coefficient (Wildman–Crippen LogP) is 2.34. The summed E-state index contributed by atoms with van der Waals surface area (Å²) in [7, 11) is 0. The molecule has 0 aliphatic heterocycles. The Morgan fingerprint density at radius 3 is 2.25 bits per heavy atom. The highest BCUT2D eigenvalue weighted by atomic mass is 32.1. The maximum atomic E-state index is 12.2. The number of thiocarbonyl (C=S) groups is 1. The van der Waals surface area contributed by atoms with Crippen molar-refractivity contribution in [1.82, 2.24) is 4.90 Å². The van der Waals surface area contributed by atoms with Gasteiger partial charge in [-0.25, -0.2) is 0 Å². The third kappa shape index (κ3) is 4.92. The Bertz CT molecular complexity index is 258. The molecule has 0 aliphatic rings. The van der Waals surface area contributed by atoms with Crippen LogP contribution in [0.5, 0.6) is 0 Å². The van der Waals surface area contributed by atoms with E-state index in [0.29, 0.717) is 18.0 Å². The van der Waals surface area contributed by atoms with Crippen LogP contribution in [0.2, 0.25) is 0 Å². The van der Waals surface area contributed by atoms with E-state index in [1.165, 1.54) is 0 Å². The lowest BCUT2D eigenvalue weighted by molar-refractivity contribution is -0.141. The summed E-state index contributed by atoms with van der Waals surface area (Å²) in [5.41, 5.74) is 5.14. The molecule has 16 heavy (non-hydrogen) atoms. The van der Waals surface area contributed by atoms with Gasteiger partial charge in [0.25, 0.3) is 0 Å². The van der Waals surface area contributed by atoms with E-state index >= 15 is 0 Å². The van der Waals surface area contributed by atoms with Gasteiger partial charge in [-0.15, -0.1) is 0 Å². The van der Waals surface area contributed by atoms with Gasteiger partial charge in [0, 0.05) is 24.4 Å². The first kappa shape index (κ1) is 15.4. The Balaban J connectivity index is 4.67. The monoisotopic (exact) mass is 244 g/mol. The van der Waals surface area contributed by atoms with Crippen molar-refractivity contribution in [2.75, 3.05) is 6.54 Å². The highest BCUT2D eigenvalue weighted by Gasteiger charge is 2.29. The third-order valence-electron chi connectivity index (χ3n) is 2.62. The molecule has 0 saturated heterocycles. The van der Waals surface area contributed by atoms with E-state index in [-0.39, 0.29) is 17.4 Å². The molecule has 1 atom stereocenters. The first-order valence-electron chi connectivity index (χ1n) is 5.79. The number of hydrogen-bond acceptors (Lipinski definition) is 2. The van der Waals surface area contributed by atoms with E-state index in [1.54, 1.807) is 0 Å². The molecule has 0 aromatic carbocycles. The summed E-state index contributed by atoms with van der Waals surface area (Å²) < 4.78 is 0. The number of rotatable bonds is 5. The van der Waals surface area contributed by atoms with Gasteiger partial charge in [0.1, 0.15) is 0 Å². The Kier molecular flexibility index (Phi) is 5.94. The van der Waals surface area contributed by atoms with Crippen molar-refractivity contribution in [3.05, 3.63) is 0 Å². The minimum Gasteiger partial charge on any atom is -0.393 e. The molecule has 2 N–H and O–H groups in total. The van der Waals surface area contributed by atoms with E-state index in [1.807, 2.05) is 25.7 Å². The van der Waals surface area contributed by atoms with Gasteiger partial charge in [0.05, 0.1) is 4.99 Å². The molecule has 0 heterocycles. The minimum absolute atomic E-state index is 0.165. The summed E-state index contributed by atoms with van der Waals surface area (Å²) in [6.07, 6.45) is 1.54. The maximum Gasteiger partial charge on any atom is 0.228 e. The number of nitrogens with two attached hydrogens (primary N) is 1. The molecular weight excluding hydrogens is 220 g/mol. The van der Waals surface area contributed by atoms with E-state index in [2.05, 4.69) is 13.8 Å². The van der Waals surface area contributed by atoms with E-state index in [4.69, 9.17) is 18.0 Å². The third-order valence-corrected chi connectivity index (χ3v) is 2.83. The van der Waals surface area contributed by atoms with Gasteiger partial charge in [-0.1, -0.05) is 39.9 Å². The lowest BCUT2D eigenvalue weighted by atomic mass is 9.93. The normalized spacial score (nSPS) is 13.3. The van der Waals surface area contributed by atoms with Crippen LogP contribution in [0.4, 0.5) is 0 Å². The molecule has 0 aromatic heterocycles. The number of carbonyl (C=O) groups excluding carboxylic acids is 1. The molecular formula is C12H24N2OS. The van der Waals surface area contributed by atoms with Crippen LogP contribution in [0.1, 0.15) is 47.5 Å². The molecule has 4 heteroatoms. The molecule has 0 aromatic rings. The van der Waals surface area contributed by atoms with Crippen LogP contribution in [0, 0.1) is 5.41 Å². The lowest BCUT2D eigenvalue weighted by Crippen LogP contribution is -2.45. The van der Waals surface area contributed by atoms with Crippen LogP contribution in [-0.2, 0) is 4.79 Å². The number of amides is 1. The summed E-state index contributed by atoms with van der Waals surface area (Å²) in [6, 6.07) is 0.237. The van der Waals surface area contributed by atoms with E-state index < -0.39 is 0 Å². The van der Waals surface area contributed by atoms with E-state index in [0.717, 1.165) is 6.42 Å². The average Bonchev–Trinajstić information content (AvgIpc) is 2.15. The topological polar surface area (TPSA) is 46.3 Å². The van der Waals surface area contributed by atoms with Crippen molar-refractivity contribution in [3.63, 3.8) is 0 Å². The quantitative estimate of drug-likeness (QED) is 0.755. The minimum atomic E-state index is -0.348. The molecule has 0 saturated carbocycles. The molecule has 0 spiro atoms. The molecule has 3 nitrogen and oxygen atoms in total. The zero-order chi connectivity index (χ0) is 12.9. The van der Waals surface area contributed by atoms with Crippen molar-refractivity contribution in [3.8, 4) is 0 Å². The Labute approximate surface area is 104 Å². The average molecular weight is 244 g/mol. The lowest BCUT2D eigenvalue weighted by Gasteiger charge is -2.34. The Morgan fingerprint density at radius 2 is 1.94 bits per heavy atom. The largest absolute Gasteiger partial charge is 0.393 e. The SMILES string of the molecule is CCC(C)N(CCC(N)=S)C(=O)C(C)(C)C. The van der Waals surface area contributed by atoms with Gasteiger partial charge in [-0.05, 0) is 13.3 Å². The van der Waals surface area contributed by atoms with Crippen LogP contribution in [0.3, 0.4) is 0 Å². The van der Waals surface area contributed by atoms with Gasteiger partial charge in [-0.2, -0.15) is 0 Å². The number of nitrogens with zero attached hydrogens (tertiary/aromatic N) is 1. The molecule has 0 rings (SSSR count). The fraction of sp³-hybridized carbons (Fsp3) is 0.833. The fourth-order valence-electron chi connectivity index (χ4n) is 1.40. The van der Waals surface area contributed by atoms with Crippen LogP contribution in [0.15, 0.2) is 0 Å². The van der Waals surface area contributed by atoms with Crippen molar-refractivity contribution in [2.24, 2.45) is 11.1 Å². The zero-order valence-corrected chi connectivity index (χ0v) is 11.9. The standard InChI is InChI=1S/C12H24N2OS/c1-6-9(2)14(8-7-10(13)16)11(15)12(3,4)5/h9H,6-8H2,1-5H3,(H2,13,16). The maximum absolute atomic E-state index is 12.2. The molecule has 0 bridgehead atoms. The molecule has 94 valence electrons. The van der Waals surface area contributed by atoms with Crippen LogP contribution in [0.25, 0.3) is 0 Å². The van der Waals surface area contributed by atoms with Crippen molar-refractivity contribution in [1.29, 1.82) is 0 Å². The second-order valence-electron chi connectivity index (χ2n) is 5.22. The van der Waals surface area contributed by atoms with Gasteiger partial charge >= 0.3 is 0 Å². The van der Waals surface area contributed by atoms with Crippen molar-refractivity contribution < 1.29 is 4.79 Å². The molecule has 1 amide bonds. The van der Waals surface area contributed by atoms with Gasteiger partial charge < -0.3 is 10.6 Å². The molecule has 0 fully saturated rings. The molecule has 1 unspecified atom stereocenters. The summed E-state index contributed by atoms with van der Waals surface area (Å²) in [4.78, 5) is 14.6. The number of hydrogen-bond donors (Lipinski definition) is 1. The van der Waals surface area contributed by atoms with Gasteiger partial charge in [0.15, 0.2) is 0 Å². The number of carbonyl (C=O) groups is 1. The second kappa shape index (κ2) is 6.18. The van der Waals surface area contributed by atoms with Crippen molar-refractivity contribution in [2.45, 2.75) is 53.5 Å². The fourth-order valence-corrected chi connectivity index (χ4v) is 1.50. The van der Waals surface area contributed by atoms with E-state index in [9.17, 15) is 4.79 Å². The smallest absolute Gasteiger partial charge is 0.228 e. The van der Waals surface area contributed by atoms with Crippen LogP contribution < -0.4 is 5.73 Å². The highest BCUT2D eigenvalue weighted by molar-refractivity contribution is 7.80. The molecule has 0 radical (unpaired) electrons.